The minimum Gasteiger partial charge on any atom is -0.384 e. The van der Waals surface area contributed by atoms with Crippen molar-refractivity contribution < 1.29 is 9.50 Å². The SMILES string of the molecule is CCC[C@@H]1[C@H](c2ccccc2)N[C@H](c2ccccc2)[C@@H](C)[C@]1(O)c1ccc(F)cc1. The Kier molecular flexibility index (Phi) is 6.03. The highest BCUT2D eigenvalue weighted by Crippen LogP contribution is 2.53. The van der Waals surface area contributed by atoms with E-state index in [0.717, 1.165) is 24.0 Å². The minimum atomic E-state index is -1.09. The van der Waals surface area contributed by atoms with Crippen molar-refractivity contribution in [3.05, 3.63) is 107 Å². The minimum absolute atomic E-state index is 0.0115. The van der Waals surface area contributed by atoms with Gasteiger partial charge in [0.15, 0.2) is 0 Å². The highest BCUT2D eigenvalue weighted by molar-refractivity contribution is 5.33. The Labute approximate surface area is 178 Å². The van der Waals surface area contributed by atoms with Gasteiger partial charge in [0.1, 0.15) is 5.82 Å². The van der Waals surface area contributed by atoms with Crippen molar-refractivity contribution in [3.8, 4) is 0 Å². The van der Waals surface area contributed by atoms with Crippen LogP contribution in [0.1, 0.15) is 55.5 Å². The summed E-state index contributed by atoms with van der Waals surface area (Å²) in [6.45, 7) is 4.26. The number of aliphatic hydroxyl groups is 1. The van der Waals surface area contributed by atoms with E-state index in [-0.39, 0.29) is 29.7 Å². The van der Waals surface area contributed by atoms with Crippen molar-refractivity contribution >= 4 is 0 Å². The molecule has 0 radical (unpaired) electrons. The smallest absolute Gasteiger partial charge is 0.123 e. The maximum absolute atomic E-state index is 13.7. The van der Waals surface area contributed by atoms with E-state index in [1.807, 2.05) is 36.4 Å². The fourth-order valence-electron chi connectivity index (χ4n) is 5.23. The number of benzene rings is 3. The van der Waals surface area contributed by atoms with E-state index < -0.39 is 5.60 Å². The zero-order valence-electron chi connectivity index (χ0n) is 17.6. The second kappa shape index (κ2) is 8.71. The summed E-state index contributed by atoms with van der Waals surface area (Å²) in [6.07, 6.45) is 1.83. The summed E-state index contributed by atoms with van der Waals surface area (Å²) in [5.74, 6) is -0.414. The Bertz CT molecular complexity index is 944. The summed E-state index contributed by atoms with van der Waals surface area (Å²) in [4.78, 5) is 0. The molecule has 30 heavy (non-hydrogen) atoms. The molecule has 1 aliphatic heterocycles. The third-order valence-electron chi connectivity index (χ3n) is 6.74. The van der Waals surface area contributed by atoms with Crippen LogP contribution in [0.2, 0.25) is 0 Å². The van der Waals surface area contributed by atoms with Gasteiger partial charge in [0, 0.05) is 23.9 Å². The highest BCUT2D eigenvalue weighted by Gasteiger charge is 2.53. The average molecular weight is 404 g/mol. The van der Waals surface area contributed by atoms with Crippen molar-refractivity contribution in [1.82, 2.24) is 5.32 Å². The first-order valence-electron chi connectivity index (χ1n) is 10.9. The molecule has 1 saturated heterocycles. The van der Waals surface area contributed by atoms with Gasteiger partial charge in [-0.15, -0.1) is 0 Å². The summed E-state index contributed by atoms with van der Waals surface area (Å²) < 4.78 is 13.7. The Morgan fingerprint density at radius 3 is 1.90 bits per heavy atom. The zero-order valence-corrected chi connectivity index (χ0v) is 17.6. The molecule has 5 atom stereocenters. The molecule has 0 spiro atoms. The van der Waals surface area contributed by atoms with Crippen LogP contribution in [0.25, 0.3) is 0 Å². The lowest BCUT2D eigenvalue weighted by molar-refractivity contribution is -0.127. The van der Waals surface area contributed by atoms with Gasteiger partial charge >= 0.3 is 0 Å². The fourth-order valence-corrected chi connectivity index (χ4v) is 5.23. The van der Waals surface area contributed by atoms with Crippen LogP contribution >= 0.6 is 0 Å². The first-order valence-corrected chi connectivity index (χ1v) is 10.9. The van der Waals surface area contributed by atoms with Crippen LogP contribution in [0.3, 0.4) is 0 Å². The summed E-state index contributed by atoms with van der Waals surface area (Å²) >= 11 is 0. The predicted octanol–water partition coefficient (Wildman–Crippen LogP) is 6.15. The third kappa shape index (κ3) is 3.68. The molecule has 0 bridgehead atoms. The molecule has 1 aliphatic rings. The van der Waals surface area contributed by atoms with Crippen molar-refractivity contribution in [2.45, 2.75) is 44.4 Å². The van der Waals surface area contributed by atoms with Gasteiger partial charge in [-0.2, -0.15) is 0 Å². The monoisotopic (exact) mass is 403 g/mol. The van der Waals surface area contributed by atoms with Crippen LogP contribution in [0.15, 0.2) is 84.9 Å². The number of nitrogens with one attached hydrogen (secondary N) is 1. The molecule has 2 N–H and O–H groups in total. The molecule has 156 valence electrons. The predicted molar refractivity (Wildman–Crippen MR) is 119 cm³/mol. The van der Waals surface area contributed by atoms with Gasteiger partial charge in [-0.3, -0.25) is 0 Å². The van der Waals surface area contributed by atoms with Gasteiger partial charge in [0.25, 0.3) is 0 Å². The molecule has 1 heterocycles. The van der Waals surface area contributed by atoms with E-state index in [9.17, 15) is 9.50 Å². The number of hydrogen-bond acceptors (Lipinski definition) is 2. The van der Waals surface area contributed by atoms with Gasteiger partial charge in [-0.25, -0.2) is 4.39 Å². The molecule has 0 unspecified atom stereocenters. The molecule has 4 rings (SSSR count). The van der Waals surface area contributed by atoms with Crippen LogP contribution in [0, 0.1) is 17.7 Å². The molecule has 0 amide bonds. The first-order chi connectivity index (χ1) is 14.6. The van der Waals surface area contributed by atoms with Gasteiger partial charge in [-0.05, 0) is 35.2 Å². The number of halogens is 1. The maximum atomic E-state index is 13.7. The second-order valence-corrected chi connectivity index (χ2v) is 8.46. The van der Waals surface area contributed by atoms with Crippen LogP contribution in [-0.2, 0) is 5.60 Å². The fraction of sp³-hybridized carbons (Fsp3) is 0.333. The first kappa shape index (κ1) is 20.8. The Balaban J connectivity index is 1.88. The maximum Gasteiger partial charge on any atom is 0.123 e. The van der Waals surface area contributed by atoms with E-state index in [0.29, 0.717) is 0 Å². The molecule has 3 aromatic carbocycles. The van der Waals surface area contributed by atoms with Crippen LogP contribution in [-0.4, -0.2) is 5.11 Å². The topological polar surface area (TPSA) is 32.3 Å². The normalized spacial score (nSPS) is 28.9. The summed E-state index contributed by atoms with van der Waals surface area (Å²) in [7, 11) is 0. The van der Waals surface area contributed by atoms with E-state index in [1.165, 1.54) is 17.7 Å². The van der Waals surface area contributed by atoms with Crippen LogP contribution in [0.4, 0.5) is 4.39 Å². The number of rotatable bonds is 5. The van der Waals surface area contributed by atoms with Crippen molar-refractivity contribution in [2.24, 2.45) is 11.8 Å². The molecule has 0 saturated carbocycles. The third-order valence-corrected chi connectivity index (χ3v) is 6.74. The number of hydrogen-bond donors (Lipinski definition) is 2. The van der Waals surface area contributed by atoms with Crippen LogP contribution in [0.5, 0.6) is 0 Å². The lowest BCUT2D eigenvalue weighted by Gasteiger charge is -2.53. The van der Waals surface area contributed by atoms with Crippen LogP contribution < -0.4 is 5.32 Å². The molecule has 2 nitrogen and oxygen atoms in total. The molecular formula is C27H30FNO. The van der Waals surface area contributed by atoms with E-state index in [1.54, 1.807) is 12.1 Å². The van der Waals surface area contributed by atoms with Gasteiger partial charge in [-0.1, -0.05) is 93.1 Å². The highest BCUT2D eigenvalue weighted by atomic mass is 19.1. The summed E-state index contributed by atoms with van der Waals surface area (Å²) in [6, 6.07) is 27.1. The van der Waals surface area contributed by atoms with Gasteiger partial charge < -0.3 is 10.4 Å². The van der Waals surface area contributed by atoms with Gasteiger partial charge in [0.05, 0.1) is 5.60 Å². The van der Waals surface area contributed by atoms with Gasteiger partial charge in [0.2, 0.25) is 0 Å². The lowest BCUT2D eigenvalue weighted by atomic mass is 9.61. The van der Waals surface area contributed by atoms with E-state index in [2.05, 4.69) is 43.4 Å². The van der Waals surface area contributed by atoms with Crippen molar-refractivity contribution in [2.75, 3.05) is 0 Å². The molecule has 0 aliphatic carbocycles. The van der Waals surface area contributed by atoms with Crippen molar-refractivity contribution in [1.29, 1.82) is 0 Å². The Hall–Kier alpha value is -2.49. The molecule has 0 aromatic heterocycles. The average Bonchev–Trinajstić information content (AvgIpc) is 2.79. The quantitative estimate of drug-likeness (QED) is 0.535. The molecular weight excluding hydrogens is 373 g/mol. The summed E-state index contributed by atoms with van der Waals surface area (Å²) in [5, 5.41) is 16.3. The largest absolute Gasteiger partial charge is 0.384 e. The molecule has 3 heteroatoms. The zero-order chi connectivity index (χ0) is 21.1. The lowest BCUT2D eigenvalue weighted by Crippen LogP contribution is -2.56. The second-order valence-electron chi connectivity index (χ2n) is 8.46. The Morgan fingerprint density at radius 1 is 0.833 bits per heavy atom. The number of piperidine rings is 1. The van der Waals surface area contributed by atoms with E-state index in [4.69, 9.17) is 0 Å². The summed E-state index contributed by atoms with van der Waals surface area (Å²) in [5.41, 5.74) is 2.03. The van der Waals surface area contributed by atoms with E-state index >= 15 is 0 Å². The standard InChI is InChI=1S/C27H30FNO/c1-3-10-24-26(21-13-8-5-9-14-21)29-25(20-11-6-4-7-12-20)19(2)27(24,30)22-15-17-23(28)18-16-22/h4-9,11-19,24-26,29-30H,3,10H2,1-2H3/t19-,24-,25+,26+,27+/m1/s1. The van der Waals surface area contributed by atoms with Crippen molar-refractivity contribution in [3.63, 3.8) is 0 Å². The molecule has 3 aromatic rings. The molecule has 1 fully saturated rings. The Morgan fingerprint density at radius 2 is 1.37 bits per heavy atom.